The lowest BCUT2D eigenvalue weighted by atomic mass is 10.1. The van der Waals surface area contributed by atoms with E-state index in [-0.39, 0.29) is 6.54 Å². The van der Waals surface area contributed by atoms with Crippen molar-refractivity contribution in [2.45, 2.75) is 6.92 Å². The largest absolute Gasteiger partial charge is 0.352 e. The van der Waals surface area contributed by atoms with Crippen molar-refractivity contribution in [2.75, 3.05) is 6.54 Å². The third-order valence-electron chi connectivity index (χ3n) is 1.95. The molecule has 1 rings (SSSR count). The van der Waals surface area contributed by atoms with Crippen molar-refractivity contribution in [3.63, 3.8) is 0 Å². The van der Waals surface area contributed by atoms with Crippen LogP contribution in [0, 0.1) is 23.3 Å². The third kappa shape index (κ3) is 2.21. The Morgan fingerprint density at radius 3 is 2.11 bits per heavy atom. The van der Waals surface area contributed by atoms with E-state index >= 15 is 0 Å². The van der Waals surface area contributed by atoms with E-state index in [1.807, 2.05) is 10.2 Å². The Labute approximate surface area is 98.0 Å². The van der Waals surface area contributed by atoms with Crippen LogP contribution in [0.5, 0.6) is 0 Å². The fraction of sp³-hybridized carbons (Fsp3) is 0.222. The standard InChI is InChI=1S/C9H6F4N4O/c1-2-15-9(18)3-4(10)6(12)8(16-17-14)7(13)5(3)11/h2H2,1H3,(H,15,18). The summed E-state index contributed by atoms with van der Waals surface area (Å²) < 4.78 is 53.3. The molecule has 0 atom stereocenters. The molecule has 0 radical (unpaired) electrons. The first kappa shape index (κ1) is 13.8. The lowest BCUT2D eigenvalue weighted by Crippen LogP contribution is -2.26. The fourth-order valence-corrected chi connectivity index (χ4v) is 1.20. The van der Waals surface area contributed by atoms with Gasteiger partial charge in [0.1, 0.15) is 11.3 Å². The zero-order valence-electron chi connectivity index (χ0n) is 8.97. The van der Waals surface area contributed by atoms with Gasteiger partial charge in [0.25, 0.3) is 5.91 Å². The molecule has 1 aromatic carbocycles. The monoisotopic (exact) mass is 262 g/mol. The van der Waals surface area contributed by atoms with Crippen molar-refractivity contribution in [1.29, 1.82) is 0 Å². The first-order valence-corrected chi connectivity index (χ1v) is 4.64. The van der Waals surface area contributed by atoms with Gasteiger partial charge < -0.3 is 5.32 Å². The summed E-state index contributed by atoms with van der Waals surface area (Å²) in [5.41, 5.74) is 5.16. The fourth-order valence-electron chi connectivity index (χ4n) is 1.20. The van der Waals surface area contributed by atoms with Gasteiger partial charge >= 0.3 is 0 Å². The van der Waals surface area contributed by atoms with Gasteiger partial charge in [-0.2, -0.15) is 0 Å². The Balaban J connectivity index is 3.58. The molecule has 1 aromatic rings. The Bertz CT molecular complexity index is 525. The van der Waals surface area contributed by atoms with Crippen LogP contribution in [0.25, 0.3) is 10.4 Å². The molecule has 0 unspecified atom stereocenters. The Kier molecular flexibility index (Phi) is 4.11. The minimum Gasteiger partial charge on any atom is -0.352 e. The van der Waals surface area contributed by atoms with Crippen LogP contribution in [0.15, 0.2) is 5.11 Å². The molecule has 18 heavy (non-hydrogen) atoms. The van der Waals surface area contributed by atoms with Gasteiger partial charge in [0, 0.05) is 11.5 Å². The number of azide groups is 1. The Morgan fingerprint density at radius 2 is 1.72 bits per heavy atom. The summed E-state index contributed by atoms with van der Waals surface area (Å²) in [6, 6.07) is 0. The first-order valence-electron chi connectivity index (χ1n) is 4.64. The topological polar surface area (TPSA) is 77.9 Å². The maximum absolute atomic E-state index is 13.4. The molecule has 0 heterocycles. The molecule has 1 N–H and O–H groups in total. The van der Waals surface area contributed by atoms with Crippen LogP contribution >= 0.6 is 0 Å². The number of carbonyl (C=O) groups is 1. The van der Waals surface area contributed by atoms with Gasteiger partial charge in [0.2, 0.25) is 0 Å². The molecule has 0 aromatic heterocycles. The van der Waals surface area contributed by atoms with Crippen LogP contribution in [0.1, 0.15) is 17.3 Å². The van der Waals surface area contributed by atoms with E-state index in [9.17, 15) is 22.4 Å². The molecule has 96 valence electrons. The molecule has 0 fully saturated rings. The molecule has 1 amide bonds. The average Bonchev–Trinajstić information content (AvgIpc) is 2.33. The molecule has 9 heteroatoms. The quantitative estimate of drug-likeness (QED) is 0.293. The molecule has 0 aliphatic carbocycles. The molecular weight excluding hydrogens is 256 g/mol. The Morgan fingerprint density at radius 1 is 1.22 bits per heavy atom. The van der Waals surface area contributed by atoms with Crippen molar-refractivity contribution >= 4 is 11.6 Å². The predicted octanol–water partition coefficient (Wildman–Crippen LogP) is 2.93. The lowest BCUT2D eigenvalue weighted by Gasteiger charge is -2.08. The normalized spacial score (nSPS) is 9.83. The summed E-state index contributed by atoms with van der Waals surface area (Å²) in [5, 5.41) is 4.49. The summed E-state index contributed by atoms with van der Waals surface area (Å²) >= 11 is 0. The van der Waals surface area contributed by atoms with E-state index in [1.165, 1.54) is 6.92 Å². The first-order chi connectivity index (χ1) is 8.45. The van der Waals surface area contributed by atoms with Crippen molar-refractivity contribution in [3.05, 3.63) is 39.3 Å². The number of benzene rings is 1. The highest BCUT2D eigenvalue weighted by Crippen LogP contribution is 2.30. The molecule has 0 saturated heterocycles. The number of amides is 1. The summed E-state index contributed by atoms with van der Waals surface area (Å²) in [6.45, 7) is 1.47. The van der Waals surface area contributed by atoms with Gasteiger partial charge in [-0.25, -0.2) is 17.6 Å². The van der Waals surface area contributed by atoms with Gasteiger partial charge in [-0.05, 0) is 12.5 Å². The van der Waals surface area contributed by atoms with Gasteiger partial charge in [0.05, 0.1) is 0 Å². The number of nitrogens with zero attached hydrogens (tertiary/aromatic N) is 3. The van der Waals surface area contributed by atoms with Gasteiger partial charge in [0.15, 0.2) is 23.3 Å². The number of halogens is 4. The molecule has 0 saturated carbocycles. The summed E-state index contributed by atoms with van der Waals surface area (Å²) in [7, 11) is 0. The SMILES string of the molecule is CCNC(=O)c1c(F)c(F)c(N=[N+]=[N-])c(F)c1F. The van der Waals surface area contributed by atoms with Crippen molar-refractivity contribution < 1.29 is 22.4 Å². The zero-order chi connectivity index (χ0) is 13.9. The summed E-state index contributed by atoms with van der Waals surface area (Å²) in [5.74, 6) is -8.98. The smallest absolute Gasteiger partial charge is 0.257 e. The zero-order valence-corrected chi connectivity index (χ0v) is 8.97. The van der Waals surface area contributed by atoms with E-state index in [2.05, 4.69) is 5.11 Å². The summed E-state index contributed by atoms with van der Waals surface area (Å²) in [4.78, 5) is 13.3. The van der Waals surface area contributed by atoms with Crippen molar-refractivity contribution in [3.8, 4) is 0 Å². The molecular formula is C9H6F4N4O. The number of rotatable bonds is 3. The molecule has 0 aliphatic heterocycles. The number of carbonyl (C=O) groups excluding carboxylic acids is 1. The number of hydrogen-bond acceptors (Lipinski definition) is 2. The summed E-state index contributed by atoms with van der Waals surface area (Å²) in [6.07, 6.45) is 0. The third-order valence-corrected chi connectivity index (χ3v) is 1.95. The van der Waals surface area contributed by atoms with E-state index in [0.29, 0.717) is 0 Å². The Hall–Kier alpha value is -2.28. The van der Waals surface area contributed by atoms with Crippen molar-refractivity contribution in [2.24, 2.45) is 5.11 Å². The highest BCUT2D eigenvalue weighted by molar-refractivity contribution is 5.95. The van der Waals surface area contributed by atoms with E-state index < -0.39 is 40.4 Å². The van der Waals surface area contributed by atoms with Crippen molar-refractivity contribution in [1.82, 2.24) is 5.32 Å². The van der Waals surface area contributed by atoms with E-state index in [0.717, 1.165) is 0 Å². The maximum atomic E-state index is 13.4. The molecule has 5 nitrogen and oxygen atoms in total. The molecule has 0 spiro atoms. The highest BCUT2D eigenvalue weighted by Gasteiger charge is 2.28. The van der Waals surface area contributed by atoms with Crippen LogP contribution in [-0.2, 0) is 0 Å². The number of hydrogen-bond donors (Lipinski definition) is 1. The second-order valence-corrected chi connectivity index (χ2v) is 3.03. The van der Waals surface area contributed by atoms with E-state index in [4.69, 9.17) is 5.53 Å². The number of nitrogens with one attached hydrogen (secondary N) is 1. The van der Waals surface area contributed by atoms with Crippen LogP contribution in [0.3, 0.4) is 0 Å². The second kappa shape index (κ2) is 5.37. The van der Waals surface area contributed by atoms with E-state index in [1.54, 1.807) is 0 Å². The maximum Gasteiger partial charge on any atom is 0.257 e. The minimum absolute atomic E-state index is 0.0129. The lowest BCUT2D eigenvalue weighted by molar-refractivity contribution is 0.0945. The molecule has 0 bridgehead atoms. The highest BCUT2D eigenvalue weighted by atomic mass is 19.2. The van der Waals surface area contributed by atoms with Gasteiger partial charge in [-0.3, -0.25) is 4.79 Å². The van der Waals surface area contributed by atoms with Crippen LogP contribution in [0.2, 0.25) is 0 Å². The van der Waals surface area contributed by atoms with Crippen LogP contribution < -0.4 is 5.32 Å². The minimum atomic E-state index is -1.92. The average molecular weight is 262 g/mol. The van der Waals surface area contributed by atoms with Gasteiger partial charge in [-0.1, -0.05) is 5.11 Å². The molecule has 0 aliphatic rings. The van der Waals surface area contributed by atoms with Crippen LogP contribution in [-0.4, -0.2) is 12.5 Å². The van der Waals surface area contributed by atoms with Gasteiger partial charge in [-0.15, -0.1) is 0 Å². The predicted molar refractivity (Wildman–Crippen MR) is 53.1 cm³/mol. The van der Waals surface area contributed by atoms with Crippen LogP contribution in [0.4, 0.5) is 23.2 Å². The second-order valence-electron chi connectivity index (χ2n) is 3.03.